The third-order valence-electron chi connectivity index (χ3n) is 3.97. The van der Waals surface area contributed by atoms with Gasteiger partial charge in [-0.2, -0.15) is 5.10 Å². The number of anilines is 1. The molecule has 1 saturated heterocycles. The molecule has 2 fully saturated rings. The maximum Gasteiger partial charge on any atom is 0.151 e. The van der Waals surface area contributed by atoms with E-state index in [-0.39, 0.29) is 6.10 Å². The van der Waals surface area contributed by atoms with Crippen molar-refractivity contribution in [1.82, 2.24) is 15.5 Å². The Morgan fingerprint density at radius 2 is 2.17 bits per heavy atom. The Hall–Kier alpha value is -1.20. The Kier molecular flexibility index (Phi) is 3.18. The van der Waals surface area contributed by atoms with E-state index in [1.807, 2.05) is 19.1 Å². The number of nitrogens with one attached hydrogen (secondary N) is 1. The molecule has 2 heterocycles. The predicted octanol–water partition coefficient (Wildman–Crippen LogP) is 0.334. The highest BCUT2D eigenvalue weighted by atomic mass is 16.3. The van der Waals surface area contributed by atoms with E-state index in [4.69, 9.17) is 0 Å². The maximum absolute atomic E-state index is 9.48. The molecule has 0 spiro atoms. The Bertz CT molecular complexity index is 402. The molecule has 0 aromatic carbocycles. The van der Waals surface area contributed by atoms with Gasteiger partial charge in [-0.1, -0.05) is 0 Å². The molecule has 0 amide bonds. The quantitative estimate of drug-likeness (QED) is 0.804. The van der Waals surface area contributed by atoms with Crippen molar-refractivity contribution in [3.05, 3.63) is 17.8 Å². The monoisotopic (exact) mass is 248 g/mol. The fourth-order valence-corrected chi connectivity index (χ4v) is 2.49. The minimum atomic E-state index is -0.121. The zero-order chi connectivity index (χ0) is 12.5. The van der Waals surface area contributed by atoms with E-state index in [1.54, 1.807) is 0 Å². The second-order valence-corrected chi connectivity index (χ2v) is 5.46. The average Bonchev–Trinajstić information content (AvgIpc) is 2.32. The predicted molar refractivity (Wildman–Crippen MR) is 69.5 cm³/mol. The first-order valence-corrected chi connectivity index (χ1v) is 6.69. The zero-order valence-corrected chi connectivity index (χ0v) is 10.7. The van der Waals surface area contributed by atoms with Crippen molar-refractivity contribution in [2.75, 3.05) is 24.5 Å². The molecule has 0 radical (unpaired) electrons. The first kappa shape index (κ1) is 11.9. The number of hydrogen-bond donors (Lipinski definition) is 2. The minimum Gasteiger partial charge on any atom is -0.392 e. The van der Waals surface area contributed by atoms with E-state index >= 15 is 0 Å². The molecule has 1 aliphatic carbocycles. The fraction of sp³-hybridized carbons (Fsp3) is 0.692. The molecule has 2 aliphatic rings. The van der Waals surface area contributed by atoms with Crippen molar-refractivity contribution in [1.29, 1.82) is 0 Å². The maximum atomic E-state index is 9.48. The summed E-state index contributed by atoms with van der Waals surface area (Å²) in [4.78, 5) is 2.25. The summed E-state index contributed by atoms with van der Waals surface area (Å²) in [6.45, 7) is 5.02. The van der Waals surface area contributed by atoms with Gasteiger partial charge in [0.15, 0.2) is 5.82 Å². The molecular weight excluding hydrogens is 228 g/mol. The van der Waals surface area contributed by atoms with Crippen LogP contribution in [0.1, 0.15) is 18.5 Å². The Labute approximate surface area is 107 Å². The van der Waals surface area contributed by atoms with Gasteiger partial charge in [0.05, 0.1) is 11.8 Å². The minimum absolute atomic E-state index is 0.121. The van der Waals surface area contributed by atoms with Gasteiger partial charge in [0.2, 0.25) is 0 Å². The first-order valence-electron chi connectivity index (χ1n) is 6.69. The van der Waals surface area contributed by atoms with Crippen LogP contribution in [0.2, 0.25) is 0 Å². The van der Waals surface area contributed by atoms with Gasteiger partial charge in [-0.05, 0) is 31.9 Å². The lowest BCUT2D eigenvalue weighted by Gasteiger charge is -2.42. The summed E-state index contributed by atoms with van der Waals surface area (Å²) in [6.07, 6.45) is 1.94. The van der Waals surface area contributed by atoms with Crippen LogP contribution >= 0.6 is 0 Å². The summed E-state index contributed by atoms with van der Waals surface area (Å²) < 4.78 is 0. The molecule has 0 bridgehead atoms. The van der Waals surface area contributed by atoms with Gasteiger partial charge in [-0.25, -0.2) is 0 Å². The van der Waals surface area contributed by atoms with E-state index in [1.165, 1.54) is 0 Å². The van der Waals surface area contributed by atoms with Gasteiger partial charge in [-0.15, -0.1) is 5.10 Å². The Morgan fingerprint density at radius 1 is 1.33 bits per heavy atom. The highest BCUT2D eigenvalue weighted by Crippen LogP contribution is 2.23. The second-order valence-electron chi connectivity index (χ2n) is 5.46. The second kappa shape index (κ2) is 4.82. The summed E-state index contributed by atoms with van der Waals surface area (Å²) >= 11 is 0. The molecule has 2 N–H and O–H groups in total. The van der Waals surface area contributed by atoms with Crippen LogP contribution in [0.5, 0.6) is 0 Å². The van der Waals surface area contributed by atoms with Crippen molar-refractivity contribution in [2.45, 2.75) is 31.9 Å². The lowest BCUT2D eigenvalue weighted by atomic mass is 9.88. The SMILES string of the molecule is Cc1ccc(N2CC(CNC3CCC3O)C2)nn1. The topological polar surface area (TPSA) is 61.3 Å². The molecule has 98 valence electrons. The molecule has 2 atom stereocenters. The first-order chi connectivity index (χ1) is 8.72. The van der Waals surface area contributed by atoms with E-state index in [0.29, 0.717) is 12.0 Å². The lowest BCUT2D eigenvalue weighted by molar-refractivity contribution is 0.0474. The zero-order valence-electron chi connectivity index (χ0n) is 10.7. The van der Waals surface area contributed by atoms with Crippen molar-refractivity contribution >= 4 is 5.82 Å². The third-order valence-corrected chi connectivity index (χ3v) is 3.97. The molecule has 3 rings (SSSR count). The van der Waals surface area contributed by atoms with Gasteiger partial charge in [0.25, 0.3) is 0 Å². The van der Waals surface area contributed by atoms with E-state index in [9.17, 15) is 5.11 Å². The smallest absolute Gasteiger partial charge is 0.151 e. The molecule has 1 aliphatic heterocycles. The van der Waals surface area contributed by atoms with Gasteiger partial charge in [0.1, 0.15) is 0 Å². The molecule has 1 saturated carbocycles. The van der Waals surface area contributed by atoms with Crippen LogP contribution in [0.4, 0.5) is 5.82 Å². The third kappa shape index (κ3) is 2.33. The molecule has 1 aromatic heterocycles. The molecule has 5 heteroatoms. The Morgan fingerprint density at radius 3 is 2.72 bits per heavy atom. The molecule has 18 heavy (non-hydrogen) atoms. The van der Waals surface area contributed by atoms with Crippen LogP contribution in [-0.2, 0) is 0 Å². The van der Waals surface area contributed by atoms with Gasteiger partial charge < -0.3 is 15.3 Å². The van der Waals surface area contributed by atoms with Crippen LogP contribution in [-0.4, -0.2) is 47.1 Å². The number of aliphatic hydroxyl groups excluding tert-OH is 1. The summed E-state index contributed by atoms with van der Waals surface area (Å²) in [7, 11) is 0. The van der Waals surface area contributed by atoms with Crippen LogP contribution in [0.3, 0.4) is 0 Å². The number of aromatic nitrogens is 2. The molecular formula is C13H20N4O. The average molecular weight is 248 g/mol. The highest BCUT2D eigenvalue weighted by molar-refractivity contribution is 5.40. The number of aryl methyl sites for hydroxylation is 1. The number of nitrogens with zero attached hydrogens (tertiary/aromatic N) is 3. The van der Waals surface area contributed by atoms with Crippen LogP contribution in [0, 0.1) is 12.8 Å². The number of rotatable bonds is 4. The number of aliphatic hydroxyl groups is 1. The van der Waals surface area contributed by atoms with E-state index < -0.39 is 0 Å². The molecule has 2 unspecified atom stereocenters. The lowest BCUT2D eigenvalue weighted by Crippen LogP contribution is -2.55. The van der Waals surface area contributed by atoms with Crippen LogP contribution in [0.25, 0.3) is 0 Å². The molecule has 1 aromatic rings. The number of hydrogen-bond acceptors (Lipinski definition) is 5. The fourth-order valence-electron chi connectivity index (χ4n) is 2.49. The van der Waals surface area contributed by atoms with E-state index in [0.717, 1.165) is 44.0 Å². The summed E-state index contributed by atoms with van der Waals surface area (Å²) in [5.74, 6) is 1.64. The van der Waals surface area contributed by atoms with Gasteiger partial charge >= 0.3 is 0 Å². The van der Waals surface area contributed by atoms with Gasteiger partial charge in [-0.3, -0.25) is 0 Å². The highest BCUT2D eigenvalue weighted by Gasteiger charge is 2.32. The largest absolute Gasteiger partial charge is 0.392 e. The van der Waals surface area contributed by atoms with Crippen LogP contribution < -0.4 is 10.2 Å². The van der Waals surface area contributed by atoms with Crippen molar-refractivity contribution in [2.24, 2.45) is 5.92 Å². The summed E-state index contributed by atoms with van der Waals surface area (Å²) in [6, 6.07) is 4.36. The summed E-state index contributed by atoms with van der Waals surface area (Å²) in [5, 5.41) is 21.2. The standard InChI is InChI=1S/C13H20N4O/c1-9-2-5-13(16-15-9)17-7-10(8-17)6-14-11-3-4-12(11)18/h2,5,10-12,14,18H,3-4,6-8H2,1H3. The Balaban J connectivity index is 1.41. The van der Waals surface area contributed by atoms with Crippen LogP contribution in [0.15, 0.2) is 12.1 Å². The van der Waals surface area contributed by atoms with Crippen molar-refractivity contribution < 1.29 is 5.11 Å². The summed E-state index contributed by atoms with van der Waals surface area (Å²) in [5.41, 5.74) is 0.955. The van der Waals surface area contributed by atoms with Crippen molar-refractivity contribution in [3.8, 4) is 0 Å². The van der Waals surface area contributed by atoms with Crippen molar-refractivity contribution in [3.63, 3.8) is 0 Å². The normalized spacial score (nSPS) is 27.8. The van der Waals surface area contributed by atoms with Gasteiger partial charge in [0, 0.05) is 31.6 Å². The molecule has 5 nitrogen and oxygen atoms in total. The van der Waals surface area contributed by atoms with E-state index in [2.05, 4.69) is 20.4 Å².